The van der Waals surface area contributed by atoms with E-state index >= 15 is 0 Å². The summed E-state index contributed by atoms with van der Waals surface area (Å²) in [5.74, 6) is 1.17. The molecule has 1 amide bonds. The van der Waals surface area contributed by atoms with Gasteiger partial charge in [0, 0.05) is 11.3 Å². The second-order valence-electron chi connectivity index (χ2n) is 8.09. The van der Waals surface area contributed by atoms with E-state index in [0.717, 1.165) is 5.56 Å². The highest BCUT2D eigenvalue weighted by molar-refractivity contribution is 6.02. The molecule has 0 radical (unpaired) electrons. The molecule has 1 saturated carbocycles. The number of anilines is 1. The van der Waals surface area contributed by atoms with Gasteiger partial charge in [-0.15, -0.1) is 13.2 Å². The van der Waals surface area contributed by atoms with Gasteiger partial charge in [0.2, 0.25) is 12.7 Å². The number of carbonyl (C=O) groups is 1. The molecule has 176 valence electrons. The van der Waals surface area contributed by atoms with Gasteiger partial charge in [-0.25, -0.2) is 0 Å². The monoisotopic (exact) mass is 471 g/mol. The Balaban J connectivity index is 1.44. The molecule has 0 spiro atoms. The zero-order valence-electron chi connectivity index (χ0n) is 18.1. The van der Waals surface area contributed by atoms with E-state index in [-0.39, 0.29) is 24.0 Å². The van der Waals surface area contributed by atoms with Crippen LogP contribution in [0, 0.1) is 0 Å². The van der Waals surface area contributed by atoms with E-state index in [1.807, 2.05) is 6.07 Å². The molecule has 5 rings (SSSR count). The summed E-state index contributed by atoms with van der Waals surface area (Å²) < 4.78 is 59.1. The number of hydrogen-bond donors (Lipinski definition) is 1. The van der Waals surface area contributed by atoms with Crippen LogP contribution < -0.4 is 24.3 Å². The lowest BCUT2D eigenvalue weighted by Crippen LogP contribution is -2.27. The molecule has 2 aliphatic rings. The van der Waals surface area contributed by atoms with Crippen LogP contribution in [-0.4, -0.2) is 26.2 Å². The number of benzene rings is 3. The Morgan fingerprint density at radius 1 is 0.971 bits per heavy atom. The molecule has 1 fully saturated rings. The molecule has 1 aliphatic carbocycles. The normalized spacial score (nSPS) is 15.5. The average molecular weight is 471 g/mol. The van der Waals surface area contributed by atoms with Gasteiger partial charge in [-0.05, 0) is 66.4 Å². The SMILES string of the molecule is COc1ccc(-c2cc(NC(=O)C3(c4ccc5c(c4)OCO5)CC3)ccc2OC(F)(F)F)cc1. The molecule has 0 aromatic heterocycles. The number of methoxy groups -OCH3 is 1. The maximum atomic E-state index is 13.2. The maximum absolute atomic E-state index is 13.2. The highest BCUT2D eigenvalue weighted by Gasteiger charge is 2.51. The molecule has 1 N–H and O–H groups in total. The van der Waals surface area contributed by atoms with E-state index in [9.17, 15) is 18.0 Å². The summed E-state index contributed by atoms with van der Waals surface area (Å²) in [5, 5.41) is 2.86. The second-order valence-corrected chi connectivity index (χ2v) is 8.09. The van der Waals surface area contributed by atoms with E-state index in [0.29, 0.717) is 41.3 Å². The van der Waals surface area contributed by atoms with Crippen molar-refractivity contribution in [2.45, 2.75) is 24.6 Å². The van der Waals surface area contributed by atoms with E-state index in [1.54, 1.807) is 36.4 Å². The van der Waals surface area contributed by atoms with Gasteiger partial charge in [0.1, 0.15) is 11.5 Å². The molecule has 0 bridgehead atoms. The highest BCUT2D eigenvalue weighted by Crippen LogP contribution is 2.51. The molecule has 34 heavy (non-hydrogen) atoms. The molecule has 9 heteroatoms. The van der Waals surface area contributed by atoms with Crippen molar-refractivity contribution in [2.24, 2.45) is 0 Å². The molecule has 0 saturated heterocycles. The van der Waals surface area contributed by atoms with Crippen LogP contribution in [0.2, 0.25) is 0 Å². The van der Waals surface area contributed by atoms with Crippen molar-refractivity contribution in [3.8, 4) is 34.1 Å². The summed E-state index contributed by atoms with van der Waals surface area (Å²) >= 11 is 0. The molecule has 3 aromatic carbocycles. The van der Waals surface area contributed by atoms with Crippen molar-refractivity contribution in [3.05, 3.63) is 66.2 Å². The van der Waals surface area contributed by atoms with Gasteiger partial charge in [0.05, 0.1) is 12.5 Å². The summed E-state index contributed by atoms with van der Waals surface area (Å²) in [6, 6.07) is 16.0. The average Bonchev–Trinajstić information content (AvgIpc) is 3.50. The standard InChI is InChI=1S/C25H20F3NO5/c1-31-18-6-2-15(3-7-18)19-13-17(5-9-20(19)34-25(26,27)28)29-23(30)24(10-11-24)16-4-8-21-22(12-16)33-14-32-21/h2-9,12-13H,10-11,14H2,1H3,(H,29,30). The smallest absolute Gasteiger partial charge is 0.497 e. The number of fused-ring (bicyclic) bond motifs is 1. The Kier molecular flexibility index (Phi) is 5.27. The quantitative estimate of drug-likeness (QED) is 0.503. The molecule has 6 nitrogen and oxygen atoms in total. The molecule has 3 aromatic rings. The lowest BCUT2D eigenvalue weighted by Gasteiger charge is -2.18. The first-order valence-electron chi connectivity index (χ1n) is 10.5. The largest absolute Gasteiger partial charge is 0.573 e. The van der Waals surface area contributed by atoms with Crippen LogP contribution in [0.5, 0.6) is 23.0 Å². The summed E-state index contributed by atoms with van der Waals surface area (Å²) in [6.07, 6.45) is -3.55. The number of carbonyl (C=O) groups excluding carboxylic acids is 1. The number of nitrogens with one attached hydrogen (secondary N) is 1. The minimum absolute atomic E-state index is 0.137. The van der Waals surface area contributed by atoms with Crippen molar-refractivity contribution >= 4 is 11.6 Å². The fraction of sp³-hybridized carbons (Fsp3) is 0.240. The number of hydrogen-bond acceptors (Lipinski definition) is 5. The minimum atomic E-state index is -4.86. The maximum Gasteiger partial charge on any atom is 0.573 e. The zero-order chi connectivity index (χ0) is 23.9. The van der Waals surface area contributed by atoms with Crippen molar-refractivity contribution in [2.75, 3.05) is 19.2 Å². The van der Waals surface area contributed by atoms with Crippen LogP contribution in [0.1, 0.15) is 18.4 Å². The van der Waals surface area contributed by atoms with Crippen LogP contribution in [-0.2, 0) is 10.2 Å². The number of alkyl halides is 3. The Bertz CT molecular complexity index is 1240. The minimum Gasteiger partial charge on any atom is -0.497 e. The number of rotatable bonds is 6. The summed E-state index contributed by atoms with van der Waals surface area (Å²) in [4.78, 5) is 13.2. The molecule has 1 heterocycles. The molecule has 1 aliphatic heterocycles. The molecule has 0 unspecified atom stereocenters. The zero-order valence-corrected chi connectivity index (χ0v) is 18.1. The molecular formula is C25H20F3NO5. The van der Waals surface area contributed by atoms with Crippen LogP contribution in [0.4, 0.5) is 18.9 Å². The van der Waals surface area contributed by atoms with E-state index in [4.69, 9.17) is 14.2 Å². The molecule has 0 atom stereocenters. The van der Waals surface area contributed by atoms with Crippen LogP contribution in [0.15, 0.2) is 60.7 Å². The van der Waals surface area contributed by atoms with Gasteiger partial charge >= 0.3 is 6.36 Å². The van der Waals surface area contributed by atoms with E-state index in [2.05, 4.69) is 10.1 Å². The third-order valence-corrected chi connectivity index (χ3v) is 5.97. The van der Waals surface area contributed by atoms with Gasteiger partial charge in [0.15, 0.2) is 11.5 Å². The van der Waals surface area contributed by atoms with Gasteiger partial charge in [-0.2, -0.15) is 0 Å². The fourth-order valence-electron chi connectivity index (χ4n) is 4.03. The first-order chi connectivity index (χ1) is 16.3. The lowest BCUT2D eigenvalue weighted by molar-refractivity contribution is -0.274. The second kappa shape index (κ2) is 8.16. The van der Waals surface area contributed by atoms with E-state index < -0.39 is 11.8 Å². The Morgan fingerprint density at radius 3 is 2.38 bits per heavy atom. The first kappa shape index (κ1) is 21.9. The predicted octanol–water partition coefficient (Wildman–Crippen LogP) is 5.66. The number of halogens is 3. The van der Waals surface area contributed by atoms with Crippen molar-refractivity contribution in [3.63, 3.8) is 0 Å². The first-order valence-corrected chi connectivity index (χ1v) is 10.5. The van der Waals surface area contributed by atoms with Gasteiger partial charge in [-0.1, -0.05) is 18.2 Å². The summed E-state index contributed by atoms with van der Waals surface area (Å²) in [7, 11) is 1.50. The third-order valence-electron chi connectivity index (χ3n) is 5.97. The Hall–Kier alpha value is -3.88. The van der Waals surface area contributed by atoms with Crippen molar-refractivity contribution in [1.29, 1.82) is 0 Å². The summed E-state index contributed by atoms with van der Waals surface area (Å²) in [5.41, 5.74) is 1.11. The van der Waals surface area contributed by atoms with Gasteiger partial charge in [-0.3, -0.25) is 4.79 Å². The lowest BCUT2D eigenvalue weighted by atomic mass is 9.94. The Morgan fingerprint density at radius 2 is 1.71 bits per heavy atom. The third kappa shape index (κ3) is 4.21. The topological polar surface area (TPSA) is 66.0 Å². The number of amides is 1. The van der Waals surface area contributed by atoms with Gasteiger partial charge < -0.3 is 24.3 Å². The van der Waals surface area contributed by atoms with Gasteiger partial charge in [0.25, 0.3) is 0 Å². The predicted molar refractivity (Wildman–Crippen MR) is 117 cm³/mol. The van der Waals surface area contributed by atoms with Crippen LogP contribution in [0.3, 0.4) is 0 Å². The molecular weight excluding hydrogens is 451 g/mol. The van der Waals surface area contributed by atoms with Crippen LogP contribution >= 0.6 is 0 Å². The fourth-order valence-corrected chi connectivity index (χ4v) is 4.03. The van der Waals surface area contributed by atoms with E-state index in [1.165, 1.54) is 25.3 Å². The van der Waals surface area contributed by atoms with Crippen molar-refractivity contribution in [1.82, 2.24) is 0 Å². The summed E-state index contributed by atoms with van der Waals surface area (Å²) in [6.45, 7) is 0.137. The van der Waals surface area contributed by atoms with Crippen LogP contribution in [0.25, 0.3) is 11.1 Å². The Labute approximate surface area is 193 Å². The van der Waals surface area contributed by atoms with Crippen molar-refractivity contribution < 1.29 is 36.9 Å². The number of ether oxygens (including phenoxy) is 4. The highest BCUT2D eigenvalue weighted by atomic mass is 19.4.